The lowest BCUT2D eigenvalue weighted by Crippen LogP contribution is -2.45. The monoisotopic (exact) mass is 420 g/mol. The Kier molecular flexibility index (Phi) is 5.83. The maximum Gasteiger partial charge on any atom is 0.243 e. The molecule has 0 radical (unpaired) electrons. The van der Waals surface area contributed by atoms with Crippen LogP contribution < -0.4 is 9.47 Å². The number of carbonyl (C=O) groups excluding carboxylic acids is 1. The van der Waals surface area contributed by atoms with Gasteiger partial charge in [0.15, 0.2) is 11.5 Å². The van der Waals surface area contributed by atoms with Crippen molar-refractivity contribution in [1.29, 1.82) is 0 Å². The second-order valence-corrected chi connectivity index (χ2v) is 9.85. The number of piperidine rings is 2. The number of amides is 1. The van der Waals surface area contributed by atoms with Crippen molar-refractivity contribution in [3.63, 3.8) is 0 Å². The minimum Gasteiger partial charge on any atom is -0.490 e. The van der Waals surface area contributed by atoms with Crippen molar-refractivity contribution in [2.75, 3.05) is 39.4 Å². The van der Waals surface area contributed by atoms with E-state index in [4.69, 9.17) is 9.47 Å². The van der Waals surface area contributed by atoms with Crippen molar-refractivity contribution in [3.8, 4) is 11.5 Å². The van der Waals surface area contributed by atoms with Gasteiger partial charge < -0.3 is 14.4 Å². The van der Waals surface area contributed by atoms with E-state index in [1.165, 1.54) is 9.88 Å². The third kappa shape index (κ3) is 4.28. The van der Waals surface area contributed by atoms with Crippen LogP contribution in [0.1, 0.15) is 32.1 Å². The predicted molar refractivity (Wildman–Crippen MR) is 108 cm³/mol. The first kappa shape index (κ1) is 20.2. The first-order chi connectivity index (χ1) is 13.9. The van der Waals surface area contributed by atoms with Gasteiger partial charge in [-0.15, -0.1) is 0 Å². The lowest BCUT2D eigenvalue weighted by molar-refractivity contribution is -0.137. The highest BCUT2D eigenvalue weighted by molar-refractivity contribution is 7.89. The van der Waals surface area contributed by atoms with Crippen molar-refractivity contribution >= 4 is 15.9 Å². The minimum atomic E-state index is -3.63. The molecule has 0 bridgehead atoms. The van der Waals surface area contributed by atoms with E-state index in [1.54, 1.807) is 18.2 Å². The second-order valence-electron chi connectivity index (χ2n) is 7.91. The molecule has 1 aromatic carbocycles. The number of fused-ring (bicyclic) bond motifs is 1. The SMILES string of the molecule is C=C1CCN(C(=O)C2CCN(S(=O)(=O)c3ccc4c(c3)OCCCO4)CC2)CC1. The summed E-state index contributed by atoms with van der Waals surface area (Å²) in [5, 5.41) is 0. The molecule has 3 heterocycles. The van der Waals surface area contributed by atoms with Crippen LogP contribution in [0.2, 0.25) is 0 Å². The van der Waals surface area contributed by atoms with Crippen molar-refractivity contribution in [3.05, 3.63) is 30.4 Å². The molecule has 7 nitrogen and oxygen atoms in total. The molecule has 4 rings (SSSR count). The van der Waals surface area contributed by atoms with Crippen LogP contribution in [0.15, 0.2) is 35.2 Å². The summed E-state index contributed by atoms with van der Waals surface area (Å²) in [6.07, 6.45) is 3.61. The van der Waals surface area contributed by atoms with Crippen LogP contribution in [0.4, 0.5) is 0 Å². The number of likely N-dealkylation sites (tertiary alicyclic amines) is 1. The lowest BCUT2D eigenvalue weighted by Gasteiger charge is -2.35. The molecule has 2 saturated heterocycles. The topological polar surface area (TPSA) is 76.2 Å². The van der Waals surface area contributed by atoms with Gasteiger partial charge in [0.1, 0.15) is 0 Å². The number of hydrogen-bond donors (Lipinski definition) is 0. The number of hydrogen-bond acceptors (Lipinski definition) is 5. The van der Waals surface area contributed by atoms with Gasteiger partial charge in [0.05, 0.1) is 18.1 Å². The van der Waals surface area contributed by atoms with E-state index in [0.717, 1.165) is 32.4 Å². The molecule has 1 amide bonds. The molecule has 0 atom stereocenters. The summed E-state index contributed by atoms with van der Waals surface area (Å²) in [5.74, 6) is 1.11. The van der Waals surface area contributed by atoms with E-state index >= 15 is 0 Å². The largest absolute Gasteiger partial charge is 0.490 e. The summed E-state index contributed by atoms with van der Waals surface area (Å²) >= 11 is 0. The Labute approximate surface area is 172 Å². The van der Waals surface area contributed by atoms with Crippen LogP contribution in [-0.2, 0) is 14.8 Å². The first-order valence-electron chi connectivity index (χ1n) is 10.3. The van der Waals surface area contributed by atoms with Crippen LogP contribution in [0, 0.1) is 5.92 Å². The number of carbonyl (C=O) groups is 1. The van der Waals surface area contributed by atoms with E-state index in [0.29, 0.717) is 50.6 Å². The third-order valence-electron chi connectivity index (χ3n) is 5.94. The molecule has 0 N–H and O–H groups in total. The molecule has 8 heteroatoms. The highest BCUT2D eigenvalue weighted by Gasteiger charge is 2.34. The second kappa shape index (κ2) is 8.36. The Balaban J connectivity index is 1.40. The first-order valence-corrected chi connectivity index (χ1v) is 11.7. The van der Waals surface area contributed by atoms with Crippen LogP contribution in [0.3, 0.4) is 0 Å². The maximum absolute atomic E-state index is 13.1. The normalized spacial score (nSPS) is 21.7. The van der Waals surface area contributed by atoms with Gasteiger partial charge in [-0.25, -0.2) is 8.42 Å². The van der Waals surface area contributed by atoms with E-state index in [-0.39, 0.29) is 16.7 Å². The summed E-state index contributed by atoms with van der Waals surface area (Å²) in [7, 11) is -3.63. The van der Waals surface area contributed by atoms with E-state index in [2.05, 4.69) is 6.58 Å². The molecule has 1 aromatic rings. The Hall–Kier alpha value is -2.06. The standard InChI is InChI=1S/C21H28N2O5S/c1-16-5-9-22(10-6-16)21(24)17-7-11-23(12-8-17)29(25,26)18-3-4-19-20(15-18)28-14-2-13-27-19/h3-4,15,17H,1-2,5-14H2. The Morgan fingerprint density at radius 2 is 1.66 bits per heavy atom. The summed E-state index contributed by atoms with van der Waals surface area (Å²) in [6.45, 7) is 7.23. The number of sulfonamides is 1. The molecule has 29 heavy (non-hydrogen) atoms. The fourth-order valence-electron chi connectivity index (χ4n) is 4.10. The lowest BCUT2D eigenvalue weighted by atomic mass is 9.95. The molecule has 2 fully saturated rings. The van der Waals surface area contributed by atoms with Crippen LogP contribution >= 0.6 is 0 Å². The van der Waals surface area contributed by atoms with Gasteiger partial charge in [0.2, 0.25) is 15.9 Å². The fourth-order valence-corrected chi connectivity index (χ4v) is 5.58. The maximum atomic E-state index is 13.1. The van der Waals surface area contributed by atoms with Gasteiger partial charge in [-0.05, 0) is 37.8 Å². The summed E-state index contributed by atoms with van der Waals surface area (Å²) in [4.78, 5) is 14.9. The Bertz CT molecular complexity index is 880. The summed E-state index contributed by atoms with van der Waals surface area (Å²) < 4.78 is 38.9. The molecular formula is C21H28N2O5S. The molecule has 0 unspecified atom stereocenters. The number of rotatable bonds is 3. The molecule has 0 saturated carbocycles. The Morgan fingerprint density at radius 3 is 2.34 bits per heavy atom. The third-order valence-corrected chi connectivity index (χ3v) is 7.84. The zero-order chi connectivity index (χ0) is 20.4. The van der Waals surface area contributed by atoms with E-state index < -0.39 is 10.0 Å². The minimum absolute atomic E-state index is 0.100. The van der Waals surface area contributed by atoms with Crippen molar-refractivity contribution < 1.29 is 22.7 Å². The smallest absolute Gasteiger partial charge is 0.243 e. The molecule has 0 aromatic heterocycles. The number of benzene rings is 1. The van der Waals surface area contributed by atoms with Gasteiger partial charge in [0, 0.05) is 44.6 Å². The van der Waals surface area contributed by atoms with Crippen LogP contribution in [-0.4, -0.2) is 62.9 Å². The zero-order valence-corrected chi connectivity index (χ0v) is 17.5. The Morgan fingerprint density at radius 1 is 1.00 bits per heavy atom. The van der Waals surface area contributed by atoms with Crippen molar-refractivity contribution in [2.24, 2.45) is 5.92 Å². The summed E-state index contributed by atoms with van der Waals surface area (Å²) in [5.41, 5.74) is 1.20. The predicted octanol–water partition coefficient (Wildman–Crippen LogP) is 2.43. The number of ether oxygens (including phenoxy) is 2. The van der Waals surface area contributed by atoms with Crippen molar-refractivity contribution in [2.45, 2.75) is 37.0 Å². The van der Waals surface area contributed by atoms with Gasteiger partial charge in [0.25, 0.3) is 0 Å². The van der Waals surface area contributed by atoms with Gasteiger partial charge in [-0.3, -0.25) is 4.79 Å². The average Bonchev–Trinajstić information content (AvgIpc) is 2.99. The van der Waals surface area contributed by atoms with Crippen LogP contribution in [0.25, 0.3) is 0 Å². The quantitative estimate of drug-likeness (QED) is 0.702. The number of nitrogens with zero attached hydrogens (tertiary/aromatic N) is 2. The van der Waals surface area contributed by atoms with E-state index in [1.807, 2.05) is 4.90 Å². The average molecular weight is 421 g/mol. The van der Waals surface area contributed by atoms with Crippen LogP contribution in [0.5, 0.6) is 11.5 Å². The molecule has 0 spiro atoms. The van der Waals surface area contributed by atoms with Gasteiger partial charge in [-0.1, -0.05) is 12.2 Å². The summed E-state index contributed by atoms with van der Waals surface area (Å²) in [6, 6.07) is 4.78. The molecular weight excluding hydrogens is 392 g/mol. The molecule has 3 aliphatic rings. The highest BCUT2D eigenvalue weighted by Crippen LogP contribution is 2.34. The molecule has 158 valence electrons. The highest BCUT2D eigenvalue weighted by atomic mass is 32.2. The zero-order valence-electron chi connectivity index (χ0n) is 16.6. The van der Waals surface area contributed by atoms with Gasteiger partial charge in [-0.2, -0.15) is 4.31 Å². The molecule has 3 aliphatic heterocycles. The molecule has 0 aliphatic carbocycles. The van der Waals surface area contributed by atoms with Gasteiger partial charge >= 0.3 is 0 Å². The van der Waals surface area contributed by atoms with E-state index in [9.17, 15) is 13.2 Å². The van der Waals surface area contributed by atoms with Crippen molar-refractivity contribution in [1.82, 2.24) is 9.21 Å². The fraction of sp³-hybridized carbons (Fsp3) is 0.571.